The van der Waals surface area contributed by atoms with Gasteiger partial charge in [0.15, 0.2) is 0 Å². The molecule has 0 aromatic heterocycles. The van der Waals surface area contributed by atoms with E-state index in [1.165, 1.54) is 180 Å². The molecule has 383 valence electrons. The number of unbranched alkanes of at least 4 members (excludes halogenated alkanes) is 30. The Hall–Kier alpha value is -0.955. The van der Waals surface area contributed by atoms with Crippen LogP contribution in [0.25, 0.3) is 0 Å². The third kappa shape index (κ3) is 38.6. The van der Waals surface area contributed by atoms with E-state index in [9.17, 15) is 34.5 Å². The van der Waals surface area contributed by atoms with Crippen molar-refractivity contribution in [1.82, 2.24) is 24.5 Å². The Morgan fingerprint density at radius 3 is 1.02 bits per heavy atom. The summed E-state index contributed by atoms with van der Waals surface area (Å²) in [6.07, 6.45) is 41.9. The number of amides is 1. The average molecular weight is 1060 g/mol. The third-order valence-corrected chi connectivity index (χ3v) is 14.5. The minimum atomic E-state index is -0.975. The Bertz CT molecular complexity index is 1130. The third-order valence-electron chi connectivity index (χ3n) is 13.3. The molecule has 0 radical (unpaired) electrons. The molecule has 12 nitrogen and oxygen atoms in total. The summed E-state index contributed by atoms with van der Waals surface area (Å²) in [6, 6.07) is 0. The molecule has 1 atom stereocenters. The maximum absolute atomic E-state index is 14.2. The van der Waals surface area contributed by atoms with Crippen LogP contribution in [0.3, 0.4) is 0 Å². The van der Waals surface area contributed by atoms with E-state index in [4.69, 9.17) is 0 Å². The second-order valence-corrected chi connectivity index (χ2v) is 20.9. The van der Waals surface area contributed by atoms with Crippen molar-refractivity contribution in [2.75, 3.05) is 85.1 Å². The van der Waals surface area contributed by atoms with Gasteiger partial charge in [0.1, 0.15) is 0 Å². The first-order valence-electron chi connectivity index (χ1n) is 27.0. The summed E-state index contributed by atoms with van der Waals surface area (Å²) >= 11 is 1.64. The van der Waals surface area contributed by atoms with Crippen LogP contribution in [0.15, 0.2) is 0 Å². The fourth-order valence-electron chi connectivity index (χ4n) is 9.16. The summed E-state index contributed by atoms with van der Waals surface area (Å²) < 4.78 is -0.235. The van der Waals surface area contributed by atoms with Gasteiger partial charge in [0.25, 0.3) is 0 Å². The molecule has 0 bridgehead atoms. The van der Waals surface area contributed by atoms with Crippen LogP contribution in [0.1, 0.15) is 219 Å². The molecule has 0 aromatic rings. The van der Waals surface area contributed by atoms with Crippen LogP contribution in [0.4, 0.5) is 0 Å². The van der Waals surface area contributed by atoms with E-state index < -0.39 is 17.9 Å². The van der Waals surface area contributed by atoms with Crippen LogP contribution in [0, 0.1) is 37.9 Å². The molecule has 1 unspecified atom stereocenters. The van der Waals surface area contributed by atoms with Gasteiger partial charge in [-0.05, 0) is 0 Å². The monoisotopic (exact) mass is 1060 g/mol. The van der Waals surface area contributed by atoms with Gasteiger partial charge in [-0.25, -0.2) is 0 Å². The minimum absolute atomic E-state index is 0.0936. The maximum atomic E-state index is 14.2. The number of hydrogen-bond acceptors (Lipinski definition) is 8. The summed E-state index contributed by atoms with van der Waals surface area (Å²) in [6.45, 7) is 8.52. The van der Waals surface area contributed by atoms with Crippen molar-refractivity contribution in [2.45, 2.75) is 221 Å². The first-order valence-corrected chi connectivity index (χ1v) is 28.3. The van der Waals surface area contributed by atoms with Crippen LogP contribution in [0.2, 0.25) is 0 Å². The van der Waals surface area contributed by atoms with Crippen molar-refractivity contribution in [3.8, 4) is 0 Å². The normalized spacial score (nSPS) is 16.3. The Labute approximate surface area is 424 Å². The van der Waals surface area contributed by atoms with Crippen molar-refractivity contribution in [3.05, 3.63) is 0 Å². The number of carbonyl (C=O) groups excluding carboxylic acids is 1. The molecule has 1 fully saturated rings. The first kappa shape index (κ1) is 62.1. The molecule has 0 aromatic carbocycles. The number of carboxylic acid groups (broad SMARTS) is 3. The van der Waals surface area contributed by atoms with Crippen molar-refractivity contribution in [1.29, 1.82) is 0 Å². The molecular weight excluding hydrogens is 964 g/mol. The number of carbonyl (C=O) groups is 4. The first-order chi connectivity index (χ1) is 31.5. The van der Waals surface area contributed by atoms with Crippen LogP contribution in [-0.4, -0.2) is 151 Å². The zero-order valence-electron chi connectivity index (χ0n) is 42.0. The van der Waals surface area contributed by atoms with Gasteiger partial charge in [0, 0.05) is 0 Å². The predicted octanol–water partition coefficient (Wildman–Crippen LogP) is 10.7. The second-order valence-electron chi connectivity index (χ2n) is 19.3. The van der Waals surface area contributed by atoms with E-state index in [1.54, 1.807) is 42.8 Å². The number of carboxylic acids is 3. The number of aliphatic carboxylic acids is 3. The average Bonchev–Trinajstić information content (AvgIpc) is 3.26. The molecule has 1 aliphatic heterocycles. The van der Waals surface area contributed by atoms with Gasteiger partial charge in [-0.1, -0.05) is 194 Å². The molecule has 3 N–H and O–H groups in total. The molecular formula is C52H100GdN5O7. The van der Waals surface area contributed by atoms with Gasteiger partial charge in [0.2, 0.25) is 0 Å². The molecule has 0 spiro atoms. The fraction of sp³-hybridized carbons (Fsp3) is 0.923. The number of hydrogen-bond donors (Lipinski definition) is 3. The van der Waals surface area contributed by atoms with E-state index in [1.807, 2.05) is 9.80 Å². The van der Waals surface area contributed by atoms with Crippen LogP contribution in [0.5, 0.6) is 0 Å². The quantitative estimate of drug-likeness (QED) is 0.0503. The van der Waals surface area contributed by atoms with E-state index in [2.05, 4.69) is 23.6 Å². The van der Waals surface area contributed by atoms with Gasteiger partial charge < -0.3 is 0 Å². The van der Waals surface area contributed by atoms with Gasteiger partial charge >= 0.3 is 233 Å². The summed E-state index contributed by atoms with van der Waals surface area (Å²) in [5.41, 5.74) is 0. The Morgan fingerprint density at radius 2 is 0.677 bits per heavy atom. The second kappa shape index (κ2) is 44.3. The predicted molar refractivity (Wildman–Crippen MR) is 263 cm³/mol. The molecule has 1 aliphatic rings. The van der Waals surface area contributed by atoms with Gasteiger partial charge in [-0.3, -0.25) is 0 Å². The summed E-state index contributed by atoms with van der Waals surface area (Å²) in [5.74, 6) is -2.78. The fourth-order valence-corrected chi connectivity index (χ4v) is 10.2. The molecule has 13 heteroatoms. The number of rotatable bonds is 42. The van der Waals surface area contributed by atoms with Crippen molar-refractivity contribution >= 4 is 23.8 Å². The van der Waals surface area contributed by atoms with Crippen molar-refractivity contribution < 1.29 is 72.4 Å². The summed E-state index contributed by atoms with van der Waals surface area (Å²) in [7, 11) is 0. The van der Waals surface area contributed by atoms with Gasteiger partial charge in [-0.15, -0.1) is 0 Å². The van der Waals surface area contributed by atoms with Crippen molar-refractivity contribution in [3.63, 3.8) is 0 Å². The van der Waals surface area contributed by atoms with Crippen LogP contribution in [-0.2, 0) is 19.2 Å². The Morgan fingerprint density at radius 1 is 0.400 bits per heavy atom. The molecule has 0 saturated carbocycles. The van der Waals surface area contributed by atoms with Gasteiger partial charge in [0.05, 0.1) is 0 Å². The van der Waals surface area contributed by atoms with E-state index in [0.717, 1.165) is 38.8 Å². The van der Waals surface area contributed by atoms with E-state index in [-0.39, 0.29) is 33.9 Å². The van der Waals surface area contributed by atoms with Crippen LogP contribution >= 0.6 is 0 Å². The molecule has 1 rings (SSSR count). The molecule has 1 heterocycles. The van der Waals surface area contributed by atoms with E-state index in [0.29, 0.717) is 45.8 Å². The summed E-state index contributed by atoms with van der Waals surface area (Å²) in [4.78, 5) is 59.3. The summed E-state index contributed by atoms with van der Waals surface area (Å²) in [5, 5.41) is 29.1. The SMILES string of the molecule is CCCCCCCCCCCCCCCCCCN(CCCCCCCCCCCCCCCCCC)C(=O)CN1CCN(CC(=O)O)CCN(CC(=O)O)[CH]([Gd])CN(CC(=O)O)CC1. The molecule has 65 heavy (non-hydrogen) atoms. The molecule has 0 aliphatic carbocycles. The topological polar surface area (TPSA) is 145 Å². The van der Waals surface area contributed by atoms with E-state index >= 15 is 0 Å². The Balaban J connectivity index is 2.74. The van der Waals surface area contributed by atoms with Gasteiger partial charge in [-0.2, -0.15) is 0 Å². The molecule has 1 amide bonds. The zero-order valence-corrected chi connectivity index (χ0v) is 44.2. The molecule has 1 saturated heterocycles. The zero-order chi connectivity index (χ0) is 47.6. The Kier molecular flexibility index (Phi) is 42.3. The van der Waals surface area contributed by atoms with Crippen molar-refractivity contribution in [2.24, 2.45) is 0 Å². The standard InChI is InChI=1S/C52H100N5O7.Gd/c1-3-5-7-9-11-13-15-17-19-21-23-25-27-29-31-33-35-57(36-34-32-30-28-26-24-22-20-18-16-14-12-10-8-6-4-2)49(58)45-53-37-39-54(46-50(59)60)41-43-56(48-52(63)64)44-42-55(40-38-53)47-51(61)62;/h43H,3-42,44-48H2,1-2H3,(H,59,60)(H,61,62)(H,63,64);. The number of nitrogens with zero attached hydrogens (tertiary/aromatic N) is 5. The van der Waals surface area contributed by atoms with Crippen LogP contribution < -0.4 is 0 Å².